The van der Waals surface area contributed by atoms with Crippen molar-refractivity contribution in [2.24, 2.45) is 17.3 Å². The van der Waals surface area contributed by atoms with Crippen LogP contribution in [0.5, 0.6) is 5.75 Å². The van der Waals surface area contributed by atoms with Gasteiger partial charge in [0, 0.05) is 26.1 Å². The van der Waals surface area contributed by atoms with Crippen molar-refractivity contribution in [2.45, 2.75) is 57.8 Å². The second-order valence-electron chi connectivity index (χ2n) is 9.75. The highest BCUT2D eigenvalue weighted by atomic mass is 16.5. The first kappa shape index (κ1) is 20.7. The third kappa shape index (κ3) is 4.79. The van der Waals surface area contributed by atoms with Crippen LogP contribution in [0.25, 0.3) is 0 Å². The quantitative estimate of drug-likeness (QED) is 0.683. The van der Waals surface area contributed by atoms with E-state index in [1.807, 2.05) is 19.2 Å². The standard InChI is InChI=1S/C25H38N2O2/c1-26(24(28)22-18-25(22)13-6-3-7-14-25)19-20-10-15-27(16-11-20)17-12-21-8-4-5-9-23(21)29-2/h4-5,8-9,20,22H,3,6-7,10-19H2,1-2H3/t22-/m1/s1. The van der Waals surface area contributed by atoms with Gasteiger partial charge in [-0.3, -0.25) is 4.79 Å². The highest BCUT2D eigenvalue weighted by molar-refractivity contribution is 5.82. The highest BCUT2D eigenvalue weighted by Gasteiger charge is 2.58. The summed E-state index contributed by atoms with van der Waals surface area (Å²) in [6, 6.07) is 8.34. The summed E-state index contributed by atoms with van der Waals surface area (Å²) < 4.78 is 5.48. The number of carbonyl (C=O) groups is 1. The summed E-state index contributed by atoms with van der Waals surface area (Å²) in [5, 5.41) is 0. The van der Waals surface area contributed by atoms with E-state index >= 15 is 0 Å². The number of benzene rings is 1. The fourth-order valence-corrected chi connectivity index (χ4v) is 5.83. The minimum Gasteiger partial charge on any atom is -0.496 e. The summed E-state index contributed by atoms with van der Waals surface area (Å²) in [6.45, 7) is 4.34. The molecule has 1 atom stereocenters. The molecule has 0 bridgehead atoms. The van der Waals surface area contributed by atoms with Crippen molar-refractivity contribution in [3.05, 3.63) is 29.8 Å². The summed E-state index contributed by atoms with van der Waals surface area (Å²) in [4.78, 5) is 17.6. The monoisotopic (exact) mass is 398 g/mol. The zero-order valence-electron chi connectivity index (χ0n) is 18.4. The molecule has 3 aliphatic rings. The smallest absolute Gasteiger partial charge is 0.226 e. The van der Waals surface area contributed by atoms with E-state index in [0.717, 1.165) is 44.8 Å². The van der Waals surface area contributed by atoms with Gasteiger partial charge in [0.05, 0.1) is 7.11 Å². The van der Waals surface area contributed by atoms with E-state index in [4.69, 9.17) is 4.74 Å². The van der Waals surface area contributed by atoms with Crippen LogP contribution >= 0.6 is 0 Å². The van der Waals surface area contributed by atoms with Crippen LogP contribution in [-0.4, -0.2) is 56.0 Å². The third-order valence-electron chi connectivity index (χ3n) is 7.84. The molecule has 4 heteroatoms. The average Bonchev–Trinajstić information content (AvgIpc) is 3.45. The number of rotatable bonds is 7. The van der Waals surface area contributed by atoms with Gasteiger partial charge in [0.25, 0.3) is 0 Å². The first-order chi connectivity index (χ1) is 14.1. The van der Waals surface area contributed by atoms with Gasteiger partial charge in [-0.2, -0.15) is 0 Å². The van der Waals surface area contributed by atoms with Crippen LogP contribution in [0.15, 0.2) is 24.3 Å². The van der Waals surface area contributed by atoms with E-state index in [1.54, 1.807) is 7.11 Å². The Labute approximate surface area is 176 Å². The van der Waals surface area contributed by atoms with Gasteiger partial charge in [0.15, 0.2) is 0 Å². The molecule has 4 rings (SSSR count). The van der Waals surface area contributed by atoms with E-state index in [-0.39, 0.29) is 0 Å². The molecule has 1 amide bonds. The average molecular weight is 399 g/mol. The van der Waals surface area contributed by atoms with Crippen LogP contribution in [0, 0.1) is 17.3 Å². The molecule has 0 radical (unpaired) electrons. The Morgan fingerprint density at radius 2 is 1.90 bits per heavy atom. The Morgan fingerprint density at radius 3 is 2.62 bits per heavy atom. The van der Waals surface area contributed by atoms with Crippen LogP contribution in [-0.2, 0) is 11.2 Å². The Balaban J connectivity index is 1.18. The van der Waals surface area contributed by atoms with Crippen LogP contribution in [0.2, 0.25) is 0 Å². The molecule has 2 saturated carbocycles. The van der Waals surface area contributed by atoms with E-state index < -0.39 is 0 Å². The van der Waals surface area contributed by atoms with Crippen LogP contribution in [0.1, 0.15) is 56.9 Å². The molecule has 1 saturated heterocycles. The maximum atomic E-state index is 12.9. The van der Waals surface area contributed by atoms with Gasteiger partial charge in [0.2, 0.25) is 5.91 Å². The molecule has 1 spiro atoms. The number of hydrogen-bond donors (Lipinski definition) is 0. The highest BCUT2D eigenvalue weighted by Crippen LogP contribution is 2.61. The van der Waals surface area contributed by atoms with Crippen LogP contribution in [0.4, 0.5) is 0 Å². The minimum atomic E-state index is 0.341. The first-order valence-electron chi connectivity index (χ1n) is 11.7. The molecule has 29 heavy (non-hydrogen) atoms. The molecule has 3 fully saturated rings. The van der Waals surface area contributed by atoms with Crippen molar-refractivity contribution in [2.75, 3.05) is 40.3 Å². The summed E-state index contributed by atoms with van der Waals surface area (Å²) in [5.74, 6) is 2.44. The Kier molecular flexibility index (Phi) is 6.48. The Hall–Kier alpha value is -1.55. The zero-order valence-corrected chi connectivity index (χ0v) is 18.4. The number of piperidine rings is 1. The van der Waals surface area contributed by atoms with Crippen LogP contribution in [0.3, 0.4) is 0 Å². The molecule has 2 aliphatic carbocycles. The number of para-hydroxylation sites is 1. The van der Waals surface area contributed by atoms with Crippen molar-refractivity contribution in [1.29, 1.82) is 0 Å². The predicted octanol–water partition coefficient (Wildman–Crippen LogP) is 4.38. The zero-order chi connectivity index (χ0) is 20.3. The predicted molar refractivity (Wildman–Crippen MR) is 117 cm³/mol. The van der Waals surface area contributed by atoms with Gasteiger partial charge < -0.3 is 14.5 Å². The molecule has 1 aromatic carbocycles. The minimum absolute atomic E-state index is 0.341. The summed E-state index contributed by atoms with van der Waals surface area (Å²) >= 11 is 0. The Morgan fingerprint density at radius 1 is 1.17 bits per heavy atom. The van der Waals surface area contributed by atoms with E-state index in [1.165, 1.54) is 50.5 Å². The molecule has 0 unspecified atom stereocenters. The lowest BCUT2D eigenvalue weighted by Crippen LogP contribution is -2.40. The van der Waals surface area contributed by atoms with E-state index in [0.29, 0.717) is 23.2 Å². The molecule has 1 heterocycles. The van der Waals surface area contributed by atoms with Crippen molar-refractivity contribution < 1.29 is 9.53 Å². The molecule has 0 N–H and O–H groups in total. The summed E-state index contributed by atoms with van der Waals surface area (Å²) in [7, 11) is 3.80. The topological polar surface area (TPSA) is 32.8 Å². The molecule has 0 aromatic heterocycles. The lowest BCUT2D eigenvalue weighted by molar-refractivity contribution is -0.133. The van der Waals surface area contributed by atoms with Gasteiger partial charge in [-0.25, -0.2) is 0 Å². The normalized spacial score (nSPS) is 24.4. The molecule has 1 aromatic rings. The molecular weight excluding hydrogens is 360 g/mol. The van der Waals surface area contributed by atoms with Gasteiger partial charge >= 0.3 is 0 Å². The molecule has 160 valence electrons. The number of amides is 1. The van der Waals surface area contributed by atoms with Gasteiger partial charge in [0.1, 0.15) is 5.75 Å². The van der Waals surface area contributed by atoms with Crippen LogP contribution < -0.4 is 4.74 Å². The summed E-state index contributed by atoms with van der Waals surface area (Å²) in [6.07, 6.45) is 11.2. The first-order valence-corrected chi connectivity index (χ1v) is 11.7. The number of likely N-dealkylation sites (tertiary alicyclic amines) is 1. The maximum absolute atomic E-state index is 12.9. The van der Waals surface area contributed by atoms with Crippen molar-refractivity contribution in [3.63, 3.8) is 0 Å². The molecular formula is C25H38N2O2. The number of carbonyl (C=O) groups excluding carboxylic acids is 1. The maximum Gasteiger partial charge on any atom is 0.226 e. The van der Waals surface area contributed by atoms with Crippen molar-refractivity contribution in [3.8, 4) is 5.75 Å². The number of ether oxygens (including phenoxy) is 1. The summed E-state index contributed by atoms with van der Waals surface area (Å²) in [5.41, 5.74) is 1.70. The fourth-order valence-electron chi connectivity index (χ4n) is 5.83. The van der Waals surface area contributed by atoms with E-state index in [2.05, 4.69) is 21.9 Å². The van der Waals surface area contributed by atoms with Gasteiger partial charge in [-0.1, -0.05) is 37.5 Å². The largest absolute Gasteiger partial charge is 0.496 e. The SMILES string of the molecule is COc1ccccc1CCN1CCC(CN(C)C(=O)[C@H]2CC23CCCCC3)CC1. The Bertz CT molecular complexity index is 690. The molecule has 4 nitrogen and oxygen atoms in total. The lowest BCUT2D eigenvalue weighted by Gasteiger charge is -2.34. The number of hydrogen-bond acceptors (Lipinski definition) is 3. The lowest BCUT2D eigenvalue weighted by atomic mass is 9.84. The van der Waals surface area contributed by atoms with E-state index in [9.17, 15) is 4.79 Å². The fraction of sp³-hybridized carbons (Fsp3) is 0.720. The second kappa shape index (κ2) is 9.07. The second-order valence-corrected chi connectivity index (χ2v) is 9.75. The van der Waals surface area contributed by atoms with Gasteiger partial charge in [-0.15, -0.1) is 0 Å². The molecule has 1 aliphatic heterocycles. The number of nitrogens with zero attached hydrogens (tertiary/aromatic N) is 2. The van der Waals surface area contributed by atoms with Crippen molar-refractivity contribution in [1.82, 2.24) is 9.80 Å². The third-order valence-corrected chi connectivity index (χ3v) is 7.84. The van der Waals surface area contributed by atoms with Gasteiger partial charge in [-0.05, 0) is 74.6 Å². The van der Waals surface area contributed by atoms with Crippen molar-refractivity contribution >= 4 is 5.91 Å². The number of methoxy groups -OCH3 is 1.